The van der Waals surface area contributed by atoms with E-state index in [0.717, 1.165) is 38.2 Å². The topological polar surface area (TPSA) is 58.6 Å². The zero-order valence-electron chi connectivity index (χ0n) is 12.9. The Labute approximate surface area is 126 Å². The van der Waals surface area contributed by atoms with Crippen molar-refractivity contribution in [3.8, 4) is 5.75 Å². The van der Waals surface area contributed by atoms with E-state index < -0.39 is 12.0 Å². The second-order valence-corrected chi connectivity index (χ2v) is 6.12. The first-order valence-electron chi connectivity index (χ1n) is 7.77. The molecule has 0 bridgehead atoms. The Morgan fingerprint density at radius 3 is 2.95 bits per heavy atom. The summed E-state index contributed by atoms with van der Waals surface area (Å²) < 4.78 is 5.50. The number of carboxylic acid groups (broad SMARTS) is 1. The number of hydrogen-bond donors (Lipinski definition) is 2. The van der Waals surface area contributed by atoms with Gasteiger partial charge in [0, 0.05) is 6.42 Å². The summed E-state index contributed by atoms with van der Waals surface area (Å²) in [5, 5.41) is 12.3. The smallest absolute Gasteiger partial charge is 0.320 e. The zero-order chi connectivity index (χ0) is 15.2. The molecule has 1 aliphatic heterocycles. The summed E-state index contributed by atoms with van der Waals surface area (Å²) in [6.07, 6.45) is 3.58. The number of benzene rings is 1. The maximum absolute atomic E-state index is 11.2. The van der Waals surface area contributed by atoms with Crippen LogP contribution < -0.4 is 10.1 Å². The van der Waals surface area contributed by atoms with Gasteiger partial charge in [-0.15, -0.1) is 0 Å². The van der Waals surface area contributed by atoms with Gasteiger partial charge in [0.05, 0.1) is 6.61 Å². The van der Waals surface area contributed by atoms with Crippen LogP contribution in [0.25, 0.3) is 0 Å². The molecule has 1 atom stereocenters. The van der Waals surface area contributed by atoms with Gasteiger partial charge in [0.1, 0.15) is 11.8 Å². The van der Waals surface area contributed by atoms with Crippen LogP contribution in [0.4, 0.5) is 0 Å². The van der Waals surface area contributed by atoms with E-state index in [-0.39, 0.29) is 0 Å². The number of rotatable bonds is 8. The monoisotopic (exact) mass is 291 g/mol. The summed E-state index contributed by atoms with van der Waals surface area (Å²) in [5.74, 6) is 0.647. The second kappa shape index (κ2) is 7.46. The Morgan fingerprint density at radius 1 is 1.43 bits per heavy atom. The standard InChI is InChI=1S/C17H25NO3/c1-12(2)10-15(17(19)20)18-8-3-4-13-5-6-16-14(11-13)7-9-21-16/h5-6,11-12,15,18H,3-4,7-10H2,1-2H3,(H,19,20)/t15-/m0/s1. The molecule has 0 fully saturated rings. The molecule has 0 saturated carbocycles. The van der Waals surface area contributed by atoms with Gasteiger partial charge in [0.25, 0.3) is 0 Å². The average molecular weight is 291 g/mol. The molecular weight excluding hydrogens is 266 g/mol. The minimum Gasteiger partial charge on any atom is -0.493 e. The lowest BCUT2D eigenvalue weighted by molar-refractivity contribution is -0.139. The SMILES string of the molecule is CC(C)C[C@H](NCCCc1ccc2c(c1)CCO2)C(=O)O. The van der Waals surface area contributed by atoms with Gasteiger partial charge < -0.3 is 15.2 Å². The molecule has 0 amide bonds. The molecule has 21 heavy (non-hydrogen) atoms. The summed E-state index contributed by atoms with van der Waals surface area (Å²) in [7, 11) is 0. The van der Waals surface area contributed by atoms with Gasteiger partial charge in [-0.1, -0.05) is 26.0 Å². The maximum Gasteiger partial charge on any atom is 0.320 e. The quantitative estimate of drug-likeness (QED) is 0.723. The molecule has 0 aromatic heterocycles. The number of hydrogen-bond acceptors (Lipinski definition) is 3. The Bertz CT molecular complexity index is 485. The second-order valence-electron chi connectivity index (χ2n) is 6.12. The van der Waals surface area contributed by atoms with Crippen LogP contribution in [0.3, 0.4) is 0 Å². The van der Waals surface area contributed by atoms with Crippen molar-refractivity contribution in [2.45, 2.75) is 45.6 Å². The predicted molar refractivity (Wildman–Crippen MR) is 82.8 cm³/mol. The van der Waals surface area contributed by atoms with E-state index in [0.29, 0.717) is 12.3 Å². The number of aryl methyl sites for hydroxylation is 1. The van der Waals surface area contributed by atoms with E-state index in [1.807, 2.05) is 19.9 Å². The van der Waals surface area contributed by atoms with Crippen molar-refractivity contribution in [1.82, 2.24) is 5.32 Å². The highest BCUT2D eigenvalue weighted by Crippen LogP contribution is 2.26. The van der Waals surface area contributed by atoms with Crippen LogP contribution in [0, 0.1) is 5.92 Å². The van der Waals surface area contributed by atoms with Gasteiger partial charge in [-0.3, -0.25) is 4.79 Å². The molecule has 0 unspecified atom stereocenters. The highest BCUT2D eigenvalue weighted by atomic mass is 16.5. The van der Waals surface area contributed by atoms with E-state index in [1.54, 1.807) is 0 Å². The summed E-state index contributed by atoms with van der Waals surface area (Å²) in [6.45, 7) is 5.61. The van der Waals surface area contributed by atoms with E-state index in [1.165, 1.54) is 11.1 Å². The lowest BCUT2D eigenvalue weighted by Gasteiger charge is -2.16. The normalized spacial score (nSPS) is 14.8. The molecule has 4 nitrogen and oxygen atoms in total. The van der Waals surface area contributed by atoms with E-state index in [2.05, 4.69) is 17.4 Å². The van der Waals surface area contributed by atoms with Crippen molar-refractivity contribution in [2.75, 3.05) is 13.2 Å². The fourth-order valence-electron chi connectivity index (χ4n) is 2.71. The molecule has 1 heterocycles. The van der Waals surface area contributed by atoms with Crippen molar-refractivity contribution in [1.29, 1.82) is 0 Å². The number of fused-ring (bicyclic) bond motifs is 1. The molecule has 116 valence electrons. The molecule has 0 aliphatic carbocycles. The Morgan fingerprint density at radius 2 is 2.24 bits per heavy atom. The van der Waals surface area contributed by atoms with Crippen molar-refractivity contribution >= 4 is 5.97 Å². The molecule has 1 aromatic carbocycles. The predicted octanol–water partition coefficient (Wildman–Crippen LogP) is 2.64. The first-order valence-corrected chi connectivity index (χ1v) is 7.77. The average Bonchev–Trinajstić information content (AvgIpc) is 2.89. The molecule has 4 heteroatoms. The summed E-state index contributed by atoms with van der Waals surface area (Å²) in [5.41, 5.74) is 2.60. The molecular formula is C17H25NO3. The molecule has 0 spiro atoms. The highest BCUT2D eigenvalue weighted by Gasteiger charge is 2.17. The minimum absolute atomic E-state index is 0.385. The zero-order valence-corrected chi connectivity index (χ0v) is 12.9. The fraction of sp³-hybridized carbons (Fsp3) is 0.588. The Hall–Kier alpha value is -1.55. The van der Waals surface area contributed by atoms with Crippen LogP contribution in [-0.2, 0) is 17.6 Å². The van der Waals surface area contributed by atoms with Crippen molar-refractivity contribution < 1.29 is 14.6 Å². The van der Waals surface area contributed by atoms with Gasteiger partial charge in [-0.2, -0.15) is 0 Å². The van der Waals surface area contributed by atoms with Crippen molar-refractivity contribution in [3.63, 3.8) is 0 Å². The third-order valence-electron chi connectivity index (χ3n) is 3.79. The number of aliphatic carboxylic acids is 1. The lowest BCUT2D eigenvalue weighted by atomic mass is 10.0. The van der Waals surface area contributed by atoms with Crippen molar-refractivity contribution in [3.05, 3.63) is 29.3 Å². The Kier molecular flexibility index (Phi) is 5.62. The summed E-state index contributed by atoms with van der Waals surface area (Å²) in [6, 6.07) is 5.93. The van der Waals surface area contributed by atoms with Gasteiger partial charge in [0.15, 0.2) is 0 Å². The molecule has 0 radical (unpaired) electrons. The van der Waals surface area contributed by atoms with Crippen molar-refractivity contribution in [2.24, 2.45) is 5.92 Å². The molecule has 1 aliphatic rings. The third-order valence-corrected chi connectivity index (χ3v) is 3.79. The molecule has 0 saturated heterocycles. The molecule has 2 rings (SSSR count). The van der Waals surface area contributed by atoms with Crippen LogP contribution >= 0.6 is 0 Å². The number of nitrogens with one attached hydrogen (secondary N) is 1. The molecule has 2 N–H and O–H groups in total. The van der Waals surface area contributed by atoms with Gasteiger partial charge in [-0.05, 0) is 48.9 Å². The third kappa shape index (κ3) is 4.74. The number of carboxylic acids is 1. The lowest BCUT2D eigenvalue weighted by Crippen LogP contribution is -2.38. The maximum atomic E-state index is 11.2. The van der Waals surface area contributed by atoms with E-state index >= 15 is 0 Å². The number of carbonyl (C=O) groups is 1. The van der Waals surface area contributed by atoms with Crippen LogP contribution in [-0.4, -0.2) is 30.3 Å². The first-order chi connectivity index (χ1) is 10.1. The van der Waals surface area contributed by atoms with Gasteiger partial charge in [0.2, 0.25) is 0 Å². The largest absolute Gasteiger partial charge is 0.493 e. The summed E-state index contributed by atoms with van der Waals surface area (Å²) in [4.78, 5) is 11.2. The summed E-state index contributed by atoms with van der Waals surface area (Å²) >= 11 is 0. The number of ether oxygens (including phenoxy) is 1. The van der Waals surface area contributed by atoms with E-state index in [4.69, 9.17) is 9.84 Å². The fourth-order valence-corrected chi connectivity index (χ4v) is 2.71. The Balaban J connectivity index is 1.75. The first kappa shape index (κ1) is 15.8. The van der Waals surface area contributed by atoms with Gasteiger partial charge >= 0.3 is 5.97 Å². The van der Waals surface area contributed by atoms with Gasteiger partial charge in [-0.25, -0.2) is 0 Å². The van der Waals surface area contributed by atoms with Crippen LogP contribution in [0.2, 0.25) is 0 Å². The van der Waals surface area contributed by atoms with E-state index in [9.17, 15) is 4.79 Å². The van der Waals surface area contributed by atoms with Crippen LogP contribution in [0.5, 0.6) is 5.75 Å². The molecule has 1 aromatic rings. The highest BCUT2D eigenvalue weighted by molar-refractivity contribution is 5.73. The minimum atomic E-state index is -0.752. The van der Waals surface area contributed by atoms with Crippen LogP contribution in [0.15, 0.2) is 18.2 Å². The van der Waals surface area contributed by atoms with Crippen LogP contribution in [0.1, 0.15) is 37.8 Å².